The van der Waals surface area contributed by atoms with Gasteiger partial charge in [0, 0.05) is 38.2 Å². The number of amides is 1. The first kappa shape index (κ1) is 17.1. The minimum absolute atomic E-state index is 0.127. The molecule has 0 N–H and O–H groups in total. The number of carbonyl (C=O) groups excluding carboxylic acids is 1. The molecule has 5 heteroatoms. The fourth-order valence-corrected chi connectivity index (χ4v) is 4.69. The van der Waals surface area contributed by atoms with Crippen molar-refractivity contribution in [2.45, 2.75) is 11.7 Å². The molecule has 3 rings (SSSR count). The van der Waals surface area contributed by atoms with E-state index in [0.717, 1.165) is 39.4 Å². The van der Waals surface area contributed by atoms with Gasteiger partial charge in [-0.15, -0.1) is 0 Å². The number of rotatable bonds is 2. The van der Waals surface area contributed by atoms with Crippen LogP contribution in [0.15, 0.2) is 48.5 Å². The Bertz CT molecular complexity index is 692. The fraction of sp³-hybridized carbons (Fsp3) is 0.278. The lowest BCUT2D eigenvalue weighted by Crippen LogP contribution is -2.32. The highest BCUT2D eigenvalue weighted by Crippen LogP contribution is 2.37. The maximum absolute atomic E-state index is 12.7. The van der Waals surface area contributed by atoms with Crippen LogP contribution in [0.1, 0.15) is 27.6 Å². The van der Waals surface area contributed by atoms with E-state index >= 15 is 0 Å². The summed E-state index contributed by atoms with van der Waals surface area (Å²) in [5.74, 6) is 1.06. The van der Waals surface area contributed by atoms with Gasteiger partial charge < -0.3 is 4.90 Å². The molecular weight excluding hydrogens is 441 g/mol. The third kappa shape index (κ3) is 4.22. The van der Waals surface area contributed by atoms with E-state index in [1.54, 1.807) is 0 Å². The number of carbonyl (C=O) groups is 1. The molecule has 0 saturated carbocycles. The standard InChI is InChI=1S/C18H17ClINOS/c19-16-4-2-1-3-15(16)17-9-10-21(11-12-23-17)18(22)13-5-7-14(20)8-6-13/h1-8,17H,9-12H2. The smallest absolute Gasteiger partial charge is 0.253 e. The molecule has 1 atom stereocenters. The van der Waals surface area contributed by atoms with E-state index in [1.807, 2.05) is 59.1 Å². The fourth-order valence-electron chi connectivity index (χ4n) is 2.73. The van der Waals surface area contributed by atoms with Crippen LogP contribution in [-0.2, 0) is 0 Å². The Labute approximate surface area is 159 Å². The monoisotopic (exact) mass is 457 g/mol. The molecule has 0 spiro atoms. The molecular formula is C18H17ClINOS. The lowest BCUT2D eigenvalue weighted by Gasteiger charge is -2.20. The van der Waals surface area contributed by atoms with Crippen LogP contribution in [0.4, 0.5) is 0 Å². The number of hydrogen-bond acceptors (Lipinski definition) is 2. The zero-order valence-electron chi connectivity index (χ0n) is 12.5. The van der Waals surface area contributed by atoms with Crippen LogP contribution in [0.25, 0.3) is 0 Å². The summed E-state index contributed by atoms with van der Waals surface area (Å²) in [7, 11) is 0. The van der Waals surface area contributed by atoms with Gasteiger partial charge in [-0.2, -0.15) is 11.8 Å². The van der Waals surface area contributed by atoms with E-state index < -0.39 is 0 Å². The van der Waals surface area contributed by atoms with Crippen molar-refractivity contribution in [2.75, 3.05) is 18.8 Å². The van der Waals surface area contributed by atoms with Gasteiger partial charge in [0.15, 0.2) is 0 Å². The first-order valence-corrected chi connectivity index (χ1v) is 10.1. The van der Waals surface area contributed by atoms with E-state index in [4.69, 9.17) is 11.6 Å². The third-order valence-electron chi connectivity index (χ3n) is 3.97. The third-order valence-corrected chi connectivity index (χ3v) is 6.35. The maximum Gasteiger partial charge on any atom is 0.253 e. The van der Waals surface area contributed by atoms with Crippen molar-refractivity contribution < 1.29 is 4.79 Å². The summed E-state index contributed by atoms with van der Waals surface area (Å²) in [4.78, 5) is 14.6. The zero-order chi connectivity index (χ0) is 16.2. The second kappa shape index (κ2) is 7.90. The van der Waals surface area contributed by atoms with E-state index in [0.29, 0.717) is 5.25 Å². The van der Waals surface area contributed by atoms with Gasteiger partial charge in [0.05, 0.1) is 0 Å². The Morgan fingerprint density at radius 1 is 1.13 bits per heavy atom. The van der Waals surface area contributed by atoms with Crippen molar-refractivity contribution in [3.05, 3.63) is 68.3 Å². The molecule has 0 radical (unpaired) electrons. The van der Waals surface area contributed by atoms with Gasteiger partial charge in [-0.25, -0.2) is 0 Å². The van der Waals surface area contributed by atoms with Crippen molar-refractivity contribution in [2.24, 2.45) is 0 Å². The predicted molar refractivity (Wildman–Crippen MR) is 106 cm³/mol. The van der Waals surface area contributed by atoms with E-state index in [2.05, 4.69) is 28.7 Å². The van der Waals surface area contributed by atoms with Crippen LogP contribution in [0, 0.1) is 3.57 Å². The molecule has 2 nitrogen and oxygen atoms in total. The molecule has 1 saturated heterocycles. The van der Waals surface area contributed by atoms with E-state index in [-0.39, 0.29) is 5.91 Å². The highest BCUT2D eigenvalue weighted by molar-refractivity contribution is 14.1. The first-order chi connectivity index (χ1) is 11.1. The van der Waals surface area contributed by atoms with Crippen molar-refractivity contribution in [3.8, 4) is 0 Å². The van der Waals surface area contributed by atoms with Crippen molar-refractivity contribution in [3.63, 3.8) is 0 Å². The minimum atomic E-state index is 0.127. The van der Waals surface area contributed by atoms with Gasteiger partial charge in [0.2, 0.25) is 0 Å². The summed E-state index contributed by atoms with van der Waals surface area (Å²) < 4.78 is 1.14. The number of thioether (sulfide) groups is 1. The van der Waals surface area contributed by atoms with Crippen LogP contribution >= 0.6 is 46.0 Å². The molecule has 0 aliphatic carbocycles. The first-order valence-electron chi connectivity index (χ1n) is 7.56. The molecule has 0 aromatic heterocycles. The summed E-state index contributed by atoms with van der Waals surface area (Å²) in [5.41, 5.74) is 1.95. The Balaban J connectivity index is 1.70. The molecule has 2 aromatic carbocycles. The topological polar surface area (TPSA) is 20.3 Å². The number of halogens is 2. The van der Waals surface area contributed by atoms with Crippen molar-refractivity contribution in [1.82, 2.24) is 4.90 Å². The molecule has 1 fully saturated rings. The van der Waals surface area contributed by atoms with Crippen molar-refractivity contribution in [1.29, 1.82) is 0 Å². The lowest BCUT2D eigenvalue weighted by atomic mass is 10.1. The SMILES string of the molecule is O=C(c1ccc(I)cc1)N1CCSC(c2ccccc2Cl)CC1. The zero-order valence-corrected chi connectivity index (χ0v) is 16.3. The molecule has 120 valence electrons. The molecule has 1 amide bonds. The average molecular weight is 458 g/mol. The van der Waals surface area contributed by atoms with E-state index in [9.17, 15) is 4.79 Å². The number of nitrogens with zero attached hydrogens (tertiary/aromatic N) is 1. The molecule has 2 aromatic rings. The molecule has 1 aliphatic rings. The molecule has 1 unspecified atom stereocenters. The second-order valence-electron chi connectivity index (χ2n) is 5.47. The molecule has 1 heterocycles. The second-order valence-corrected chi connectivity index (χ2v) is 8.43. The summed E-state index contributed by atoms with van der Waals surface area (Å²) in [6, 6.07) is 15.8. The summed E-state index contributed by atoms with van der Waals surface area (Å²) in [6.07, 6.45) is 0.935. The van der Waals surface area contributed by atoms with Crippen LogP contribution in [0.3, 0.4) is 0 Å². The molecule has 1 aliphatic heterocycles. The number of hydrogen-bond donors (Lipinski definition) is 0. The van der Waals surface area contributed by atoms with Crippen LogP contribution in [-0.4, -0.2) is 29.6 Å². The van der Waals surface area contributed by atoms with Gasteiger partial charge >= 0.3 is 0 Å². The predicted octanol–water partition coefficient (Wildman–Crippen LogP) is 5.27. The van der Waals surface area contributed by atoms with Crippen LogP contribution < -0.4 is 0 Å². The normalized spacial score (nSPS) is 18.5. The Morgan fingerprint density at radius 2 is 1.87 bits per heavy atom. The minimum Gasteiger partial charge on any atom is -0.338 e. The maximum atomic E-state index is 12.7. The summed E-state index contributed by atoms with van der Waals surface area (Å²) in [5, 5.41) is 1.18. The van der Waals surface area contributed by atoms with Gasteiger partial charge in [-0.1, -0.05) is 29.8 Å². The van der Waals surface area contributed by atoms with Gasteiger partial charge in [-0.3, -0.25) is 4.79 Å². The van der Waals surface area contributed by atoms with Gasteiger partial charge in [0.25, 0.3) is 5.91 Å². The Morgan fingerprint density at radius 3 is 2.61 bits per heavy atom. The van der Waals surface area contributed by atoms with E-state index in [1.165, 1.54) is 5.56 Å². The van der Waals surface area contributed by atoms with Crippen molar-refractivity contribution >= 4 is 51.9 Å². The quantitative estimate of drug-likeness (QED) is 0.573. The van der Waals surface area contributed by atoms with Gasteiger partial charge in [-0.05, 0) is 64.9 Å². The Kier molecular flexibility index (Phi) is 5.88. The highest BCUT2D eigenvalue weighted by atomic mass is 127. The number of benzene rings is 2. The Hall–Kier alpha value is -0.720. The molecule has 23 heavy (non-hydrogen) atoms. The largest absolute Gasteiger partial charge is 0.338 e. The lowest BCUT2D eigenvalue weighted by molar-refractivity contribution is 0.0766. The average Bonchev–Trinajstić information content (AvgIpc) is 2.81. The highest BCUT2D eigenvalue weighted by Gasteiger charge is 2.23. The molecule has 0 bridgehead atoms. The van der Waals surface area contributed by atoms with Crippen LogP contribution in [0.2, 0.25) is 5.02 Å². The van der Waals surface area contributed by atoms with Crippen LogP contribution in [0.5, 0.6) is 0 Å². The summed E-state index contributed by atoms with van der Waals surface area (Å²) in [6.45, 7) is 1.56. The summed E-state index contributed by atoms with van der Waals surface area (Å²) >= 11 is 10.5. The van der Waals surface area contributed by atoms with Gasteiger partial charge in [0.1, 0.15) is 0 Å².